The number of carbonyl (C=O) groups is 1. The third-order valence-electron chi connectivity index (χ3n) is 14.2. The molecule has 1 aromatic rings. The minimum atomic E-state index is -1.64. The summed E-state index contributed by atoms with van der Waals surface area (Å²) in [6.45, 7) is 4.59. The zero-order valence-electron chi connectivity index (χ0n) is 44.0. The lowest BCUT2D eigenvalue weighted by atomic mass is 9.98. The van der Waals surface area contributed by atoms with Crippen molar-refractivity contribution in [3.63, 3.8) is 0 Å². The molecule has 2 rings (SSSR count). The van der Waals surface area contributed by atoms with Gasteiger partial charge in [0.2, 0.25) is 0 Å². The van der Waals surface area contributed by atoms with Crippen molar-refractivity contribution in [3.05, 3.63) is 29.3 Å². The molecule has 0 bridgehead atoms. The van der Waals surface area contributed by atoms with Gasteiger partial charge in [0.25, 0.3) is 0 Å². The number of amides is 1. The summed E-state index contributed by atoms with van der Waals surface area (Å²) >= 11 is 5.93. The van der Waals surface area contributed by atoms with E-state index in [4.69, 9.17) is 25.8 Å². The van der Waals surface area contributed by atoms with Crippen molar-refractivity contribution < 1.29 is 44.5 Å². The summed E-state index contributed by atoms with van der Waals surface area (Å²) in [6.07, 6.45) is 36.9. The van der Waals surface area contributed by atoms with Crippen molar-refractivity contribution in [1.82, 2.24) is 5.32 Å². The summed E-state index contributed by atoms with van der Waals surface area (Å²) in [4.78, 5) is 12.5. The average Bonchev–Trinajstić information content (AvgIpc) is 3.35. The summed E-state index contributed by atoms with van der Waals surface area (Å²) in [6, 6.07) is 5.77. The molecule has 1 amide bonds. The van der Waals surface area contributed by atoms with E-state index in [-0.39, 0.29) is 6.61 Å². The van der Waals surface area contributed by atoms with Crippen LogP contribution in [0.3, 0.4) is 0 Å². The van der Waals surface area contributed by atoms with E-state index in [1.165, 1.54) is 193 Å². The molecule has 7 N–H and O–H groups in total. The van der Waals surface area contributed by atoms with E-state index >= 15 is 0 Å². The zero-order chi connectivity index (χ0) is 50.0. The van der Waals surface area contributed by atoms with E-state index in [1.807, 2.05) is 0 Å². The van der Waals surface area contributed by atoms with Crippen LogP contribution in [-0.4, -0.2) is 100 Å². The van der Waals surface area contributed by atoms with Crippen molar-refractivity contribution >= 4 is 23.4 Å². The Bertz CT molecular complexity index is 1300. The molecule has 404 valence electrons. The Hall–Kier alpha value is -1.54. The van der Waals surface area contributed by atoms with Gasteiger partial charge in [0.1, 0.15) is 31.0 Å². The molecule has 0 spiro atoms. The van der Waals surface area contributed by atoms with Crippen molar-refractivity contribution in [2.45, 2.75) is 300 Å². The van der Waals surface area contributed by atoms with Crippen LogP contribution in [0, 0.1) is 0 Å². The number of hydrogen-bond donors (Lipinski definition) is 7. The highest BCUT2D eigenvalue weighted by atomic mass is 35.5. The van der Waals surface area contributed by atoms with Gasteiger partial charge in [-0.3, -0.25) is 5.32 Å². The first-order chi connectivity index (χ1) is 33.7. The van der Waals surface area contributed by atoms with Crippen LogP contribution in [0.5, 0.6) is 0 Å². The fourth-order valence-electron chi connectivity index (χ4n) is 9.52. The average molecular weight is 998 g/mol. The van der Waals surface area contributed by atoms with Crippen molar-refractivity contribution in [2.24, 2.45) is 0 Å². The predicted molar refractivity (Wildman–Crippen MR) is 285 cm³/mol. The van der Waals surface area contributed by atoms with Gasteiger partial charge in [-0.25, -0.2) is 4.79 Å². The SMILES string of the molecule is CCCCCCCCCCCCCCCCCCCCCCCCCCN[C@@H](CO[C@H]1O[C@H](COC(=O)Nc2ccc(Cl)cc2)[C@H](O)[C@H](O)[C@H]1O)[C@H](O)[C@H](O)CCCCCCCCCCCCCC. The topological polar surface area (TPSA) is 170 Å². The maximum Gasteiger partial charge on any atom is 0.411 e. The molecule has 1 aliphatic heterocycles. The first kappa shape index (κ1) is 63.6. The summed E-state index contributed by atoms with van der Waals surface area (Å²) in [5.41, 5.74) is 0.454. The molecule has 1 aromatic carbocycles. The molecule has 0 radical (unpaired) electrons. The van der Waals surface area contributed by atoms with Crippen LogP contribution in [0.4, 0.5) is 10.5 Å². The highest BCUT2D eigenvalue weighted by molar-refractivity contribution is 6.30. The van der Waals surface area contributed by atoms with E-state index in [0.29, 0.717) is 23.7 Å². The first-order valence-electron chi connectivity index (χ1n) is 28.8. The maximum absolute atomic E-state index is 12.5. The lowest BCUT2D eigenvalue weighted by Gasteiger charge is -2.40. The van der Waals surface area contributed by atoms with Gasteiger partial charge < -0.3 is 45.1 Å². The monoisotopic (exact) mass is 997 g/mol. The van der Waals surface area contributed by atoms with Crippen LogP contribution >= 0.6 is 11.6 Å². The van der Waals surface area contributed by atoms with Crippen LogP contribution < -0.4 is 10.6 Å². The molecule has 11 nitrogen and oxygen atoms in total. The fraction of sp³-hybridized carbons (Fsp3) is 0.877. The first-order valence-corrected chi connectivity index (χ1v) is 29.2. The highest BCUT2D eigenvalue weighted by Crippen LogP contribution is 2.24. The van der Waals surface area contributed by atoms with Crippen molar-refractivity contribution in [3.8, 4) is 0 Å². The zero-order valence-corrected chi connectivity index (χ0v) is 44.7. The standard InChI is InChI=1S/C57H105ClN2O9/c1-3-5-7-9-11-13-15-17-18-19-20-21-22-23-24-25-26-27-28-30-32-34-36-38-44-59-49(52(62)50(61)39-37-35-33-31-29-16-14-12-10-8-6-4-2)45-67-56-55(65)54(64)53(63)51(69-56)46-68-57(66)60-48-42-40-47(58)41-43-48/h40-43,49-56,59,61-65H,3-39,44-46H2,1-2H3,(H,60,66)/t49-,50+,51+,52-,53-,54-,55+,56-/m0/s1. The lowest BCUT2D eigenvalue weighted by molar-refractivity contribution is -0.302. The number of nitrogens with one attached hydrogen (secondary N) is 2. The van der Waals surface area contributed by atoms with Crippen LogP contribution in [0.1, 0.15) is 251 Å². The Kier molecular flexibility index (Phi) is 40.5. The number of hydrogen-bond acceptors (Lipinski definition) is 10. The van der Waals surface area contributed by atoms with E-state index in [1.54, 1.807) is 24.3 Å². The Labute approximate surface area is 426 Å². The largest absolute Gasteiger partial charge is 0.446 e. The van der Waals surface area contributed by atoms with Gasteiger partial charge in [-0.05, 0) is 43.7 Å². The molecule has 0 saturated carbocycles. The van der Waals surface area contributed by atoms with Crippen molar-refractivity contribution in [2.75, 3.05) is 25.1 Å². The maximum atomic E-state index is 12.5. The van der Waals surface area contributed by atoms with E-state index in [0.717, 1.165) is 38.5 Å². The molecule has 1 saturated heterocycles. The van der Waals surface area contributed by atoms with Gasteiger partial charge in [0, 0.05) is 10.7 Å². The number of unbranched alkanes of at least 4 members (excludes halogenated alkanes) is 34. The molecule has 1 fully saturated rings. The third kappa shape index (κ3) is 33.0. The number of aliphatic hydroxyl groups is 5. The van der Waals surface area contributed by atoms with E-state index in [9.17, 15) is 30.3 Å². The molecular formula is C57H105ClN2O9. The molecule has 8 atom stereocenters. The van der Waals surface area contributed by atoms with Crippen molar-refractivity contribution in [1.29, 1.82) is 0 Å². The van der Waals surface area contributed by atoms with Gasteiger partial charge in [0.15, 0.2) is 6.29 Å². The predicted octanol–water partition coefficient (Wildman–Crippen LogP) is 13.9. The molecule has 1 aliphatic rings. The number of carbonyl (C=O) groups excluding carboxylic acids is 1. The minimum Gasteiger partial charge on any atom is -0.446 e. The Morgan fingerprint density at radius 2 is 0.957 bits per heavy atom. The lowest BCUT2D eigenvalue weighted by Crippen LogP contribution is -2.60. The molecule has 12 heteroatoms. The van der Waals surface area contributed by atoms with E-state index < -0.39 is 61.7 Å². The second-order valence-electron chi connectivity index (χ2n) is 20.5. The molecular weight excluding hydrogens is 892 g/mol. The van der Waals surface area contributed by atoms with Gasteiger partial charge in [-0.15, -0.1) is 0 Å². The number of benzene rings is 1. The van der Waals surface area contributed by atoms with Gasteiger partial charge in [0.05, 0.1) is 24.9 Å². The number of aliphatic hydroxyl groups excluding tert-OH is 5. The van der Waals surface area contributed by atoms with Gasteiger partial charge in [-0.2, -0.15) is 0 Å². The second kappa shape index (κ2) is 44.0. The molecule has 1 heterocycles. The molecule has 0 unspecified atom stereocenters. The smallest absolute Gasteiger partial charge is 0.411 e. The minimum absolute atomic E-state index is 0.134. The number of ether oxygens (including phenoxy) is 3. The van der Waals surface area contributed by atoms with Gasteiger partial charge >= 0.3 is 6.09 Å². The normalized spacial score (nSPS) is 19.7. The Morgan fingerprint density at radius 3 is 1.38 bits per heavy atom. The quantitative estimate of drug-likeness (QED) is 0.0312. The Morgan fingerprint density at radius 1 is 0.565 bits per heavy atom. The van der Waals surface area contributed by atoms with E-state index in [2.05, 4.69) is 24.5 Å². The number of anilines is 1. The number of rotatable bonds is 47. The summed E-state index contributed by atoms with van der Waals surface area (Å²) in [5, 5.41) is 61.2. The van der Waals surface area contributed by atoms with Crippen LogP contribution in [0.15, 0.2) is 24.3 Å². The summed E-state index contributed by atoms with van der Waals surface area (Å²) < 4.78 is 17.1. The second-order valence-corrected chi connectivity index (χ2v) is 20.9. The third-order valence-corrected chi connectivity index (χ3v) is 14.4. The van der Waals surface area contributed by atoms with Crippen LogP contribution in [0.25, 0.3) is 0 Å². The van der Waals surface area contributed by atoms with Crippen LogP contribution in [0.2, 0.25) is 5.02 Å². The highest BCUT2D eigenvalue weighted by Gasteiger charge is 2.45. The molecule has 0 aromatic heterocycles. The molecule has 0 aliphatic carbocycles. The van der Waals surface area contributed by atoms with Gasteiger partial charge in [-0.1, -0.05) is 250 Å². The summed E-state index contributed by atoms with van der Waals surface area (Å²) in [7, 11) is 0. The Balaban J connectivity index is 1.68. The summed E-state index contributed by atoms with van der Waals surface area (Å²) in [5.74, 6) is 0. The molecule has 69 heavy (non-hydrogen) atoms. The fourth-order valence-corrected chi connectivity index (χ4v) is 9.65. The number of halogens is 1. The van der Waals surface area contributed by atoms with Crippen LogP contribution in [-0.2, 0) is 14.2 Å².